The maximum absolute atomic E-state index is 11.7. The molecule has 0 radical (unpaired) electrons. The molecule has 0 fully saturated rings. The zero-order chi connectivity index (χ0) is 13.8. The number of rotatable bonds is 5. The highest BCUT2D eigenvalue weighted by molar-refractivity contribution is 9.10. The summed E-state index contributed by atoms with van der Waals surface area (Å²) in [6.45, 7) is 4.54. The maximum atomic E-state index is 11.7. The van der Waals surface area contributed by atoms with Crippen LogP contribution in [-0.2, 0) is 16.0 Å². The molecule has 0 spiro atoms. The Labute approximate surface area is 117 Å². The highest BCUT2D eigenvalue weighted by atomic mass is 79.9. The Morgan fingerprint density at radius 1 is 1.39 bits per heavy atom. The molecule has 0 N–H and O–H groups in total. The first-order chi connectivity index (χ1) is 8.39. The molecule has 1 aromatic rings. The van der Waals surface area contributed by atoms with Crippen molar-refractivity contribution in [3.63, 3.8) is 0 Å². The Hall–Kier alpha value is -0.870. The standard InChI is InChI=1S/C14H20BrNO2/c1-14(2,13(17)18-4)16(3)10-9-11-7-5-6-8-12(11)15/h5-8H,9-10H2,1-4H3. The van der Waals surface area contributed by atoms with Crippen LogP contribution in [0.25, 0.3) is 0 Å². The first-order valence-electron chi connectivity index (χ1n) is 5.92. The van der Waals surface area contributed by atoms with Crippen LogP contribution in [0.2, 0.25) is 0 Å². The van der Waals surface area contributed by atoms with E-state index in [4.69, 9.17) is 4.74 Å². The lowest BCUT2D eigenvalue weighted by Gasteiger charge is -2.32. The van der Waals surface area contributed by atoms with Crippen molar-refractivity contribution in [2.45, 2.75) is 25.8 Å². The number of esters is 1. The molecule has 1 rings (SSSR count). The lowest BCUT2D eigenvalue weighted by Crippen LogP contribution is -2.49. The van der Waals surface area contributed by atoms with E-state index >= 15 is 0 Å². The summed E-state index contributed by atoms with van der Waals surface area (Å²) in [4.78, 5) is 13.7. The van der Waals surface area contributed by atoms with Crippen molar-refractivity contribution in [3.8, 4) is 0 Å². The van der Waals surface area contributed by atoms with Gasteiger partial charge in [-0.3, -0.25) is 9.69 Å². The van der Waals surface area contributed by atoms with Crippen molar-refractivity contribution in [2.24, 2.45) is 0 Å². The monoisotopic (exact) mass is 313 g/mol. The third-order valence-corrected chi connectivity index (χ3v) is 4.09. The summed E-state index contributed by atoms with van der Waals surface area (Å²) in [5, 5.41) is 0. The quantitative estimate of drug-likeness (QED) is 0.783. The van der Waals surface area contributed by atoms with E-state index in [2.05, 4.69) is 22.0 Å². The van der Waals surface area contributed by atoms with E-state index in [1.165, 1.54) is 12.7 Å². The highest BCUT2D eigenvalue weighted by Gasteiger charge is 2.32. The molecular weight excluding hydrogens is 294 g/mol. The fourth-order valence-corrected chi connectivity index (χ4v) is 2.16. The van der Waals surface area contributed by atoms with Crippen LogP contribution in [0.3, 0.4) is 0 Å². The van der Waals surface area contributed by atoms with E-state index in [0.717, 1.165) is 17.4 Å². The lowest BCUT2D eigenvalue weighted by atomic mass is 10.0. The molecule has 0 bridgehead atoms. The number of halogens is 1. The Morgan fingerprint density at radius 3 is 2.56 bits per heavy atom. The normalized spacial score (nSPS) is 11.7. The smallest absolute Gasteiger partial charge is 0.325 e. The number of benzene rings is 1. The summed E-state index contributed by atoms with van der Waals surface area (Å²) >= 11 is 3.53. The molecule has 0 saturated heterocycles. The number of carbonyl (C=O) groups is 1. The largest absolute Gasteiger partial charge is 0.468 e. The van der Waals surface area contributed by atoms with Crippen LogP contribution < -0.4 is 0 Å². The van der Waals surface area contributed by atoms with Crippen molar-refractivity contribution < 1.29 is 9.53 Å². The highest BCUT2D eigenvalue weighted by Crippen LogP contribution is 2.19. The Balaban J connectivity index is 2.64. The van der Waals surface area contributed by atoms with E-state index in [9.17, 15) is 4.79 Å². The number of nitrogens with zero attached hydrogens (tertiary/aromatic N) is 1. The molecule has 0 atom stereocenters. The Kier molecular flexibility index (Phi) is 5.35. The van der Waals surface area contributed by atoms with E-state index < -0.39 is 5.54 Å². The predicted octanol–water partition coefficient (Wildman–Crippen LogP) is 2.88. The second-order valence-electron chi connectivity index (χ2n) is 4.81. The Bertz CT molecular complexity index is 418. The summed E-state index contributed by atoms with van der Waals surface area (Å²) in [7, 11) is 3.36. The second kappa shape index (κ2) is 6.34. The molecule has 0 heterocycles. The molecule has 1 aromatic carbocycles. The van der Waals surface area contributed by atoms with Crippen LogP contribution in [0.15, 0.2) is 28.7 Å². The Morgan fingerprint density at radius 2 is 2.00 bits per heavy atom. The van der Waals surface area contributed by atoms with E-state index in [-0.39, 0.29) is 5.97 Å². The van der Waals surface area contributed by atoms with Gasteiger partial charge in [-0.05, 0) is 38.9 Å². The van der Waals surface area contributed by atoms with Gasteiger partial charge in [-0.2, -0.15) is 0 Å². The van der Waals surface area contributed by atoms with Gasteiger partial charge in [0, 0.05) is 11.0 Å². The number of likely N-dealkylation sites (N-methyl/N-ethyl adjacent to an activating group) is 1. The van der Waals surface area contributed by atoms with Gasteiger partial charge in [-0.1, -0.05) is 34.1 Å². The summed E-state index contributed by atoms with van der Waals surface area (Å²) in [6, 6.07) is 8.13. The van der Waals surface area contributed by atoms with Gasteiger partial charge in [-0.25, -0.2) is 0 Å². The number of carbonyl (C=O) groups excluding carboxylic acids is 1. The summed E-state index contributed by atoms with van der Waals surface area (Å²) in [5.41, 5.74) is 0.640. The molecule has 0 aliphatic heterocycles. The van der Waals surface area contributed by atoms with Gasteiger partial charge in [-0.15, -0.1) is 0 Å². The molecule has 4 heteroatoms. The summed E-state index contributed by atoms with van der Waals surface area (Å²) in [5.74, 6) is -0.211. The van der Waals surface area contributed by atoms with Crippen molar-refractivity contribution >= 4 is 21.9 Å². The number of hydrogen-bond donors (Lipinski definition) is 0. The SMILES string of the molecule is COC(=O)C(C)(C)N(C)CCc1ccccc1Br. The number of ether oxygens (including phenoxy) is 1. The van der Waals surface area contributed by atoms with Crippen molar-refractivity contribution in [2.75, 3.05) is 20.7 Å². The van der Waals surface area contributed by atoms with E-state index in [0.29, 0.717) is 0 Å². The van der Waals surface area contributed by atoms with E-state index in [1.54, 1.807) is 0 Å². The average Bonchev–Trinajstić information content (AvgIpc) is 2.36. The number of hydrogen-bond acceptors (Lipinski definition) is 3. The van der Waals surface area contributed by atoms with Gasteiger partial charge < -0.3 is 4.74 Å². The van der Waals surface area contributed by atoms with Crippen LogP contribution in [0, 0.1) is 0 Å². The van der Waals surface area contributed by atoms with Crippen molar-refractivity contribution in [1.29, 1.82) is 0 Å². The molecule has 0 saturated carbocycles. The molecular formula is C14H20BrNO2. The molecule has 100 valence electrons. The first kappa shape index (κ1) is 15.2. The fraction of sp³-hybridized carbons (Fsp3) is 0.500. The maximum Gasteiger partial charge on any atom is 0.325 e. The molecule has 0 aliphatic carbocycles. The van der Waals surface area contributed by atoms with Gasteiger partial charge in [0.25, 0.3) is 0 Å². The second-order valence-corrected chi connectivity index (χ2v) is 5.67. The zero-order valence-corrected chi connectivity index (χ0v) is 13.0. The number of methoxy groups -OCH3 is 1. The van der Waals surface area contributed by atoms with Crippen LogP contribution in [0.5, 0.6) is 0 Å². The molecule has 0 aliphatic rings. The molecule has 3 nitrogen and oxygen atoms in total. The fourth-order valence-electron chi connectivity index (χ4n) is 1.67. The van der Waals surface area contributed by atoms with Gasteiger partial charge in [0.2, 0.25) is 0 Å². The van der Waals surface area contributed by atoms with Crippen molar-refractivity contribution in [1.82, 2.24) is 4.90 Å². The van der Waals surface area contributed by atoms with Crippen LogP contribution in [0.4, 0.5) is 0 Å². The van der Waals surface area contributed by atoms with Crippen LogP contribution in [0.1, 0.15) is 19.4 Å². The third kappa shape index (κ3) is 3.56. The zero-order valence-electron chi connectivity index (χ0n) is 11.4. The summed E-state index contributed by atoms with van der Waals surface area (Å²) in [6.07, 6.45) is 0.887. The topological polar surface area (TPSA) is 29.5 Å². The lowest BCUT2D eigenvalue weighted by molar-refractivity contribution is -0.152. The molecule has 0 aromatic heterocycles. The van der Waals surface area contributed by atoms with Gasteiger partial charge >= 0.3 is 5.97 Å². The van der Waals surface area contributed by atoms with Crippen LogP contribution in [-0.4, -0.2) is 37.1 Å². The average molecular weight is 314 g/mol. The minimum Gasteiger partial charge on any atom is -0.468 e. The van der Waals surface area contributed by atoms with Gasteiger partial charge in [0.1, 0.15) is 5.54 Å². The van der Waals surface area contributed by atoms with Gasteiger partial charge in [0.15, 0.2) is 0 Å². The van der Waals surface area contributed by atoms with E-state index in [1.807, 2.05) is 44.0 Å². The van der Waals surface area contributed by atoms with Gasteiger partial charge in [0.05, 0.1) is 7.11 Å². The molecule has 0 unspecified atom stereocenters. The molecule has 0 amide bonds. The predicted molar refractivity (Wildman–Crippen MR) is 76.6 cm³/mol. The minimum absolute atomic E-state index is 0.211. The first-order valence-corrected chi connectivity index (χ1v) is 6.72. The minimum atomic E-state index is -0.601. The third-order valence-electron chi connectivity index (χ3n) is 3.31. The molecule has 18 heavy (non-hydrogen) atoms. The summed E-state index contributed by atoms with van der Waals surface area (Å²) < 4.78 is 5.93. The van der Waals surface area contributed by atoms with Crippen LogP contribution >= 0.6 is 15.9 Å². The van der Waals surface area contributed by atoms with Crippen molar-refractivity contribution in [3.05, 3.63) is 34.3 Å².